The highest BCUT2D eigenvalue weighted by Crippen LogP contribution is 2.47. The van der Waals surface area contributed by atoms with Crippen LogP contribution >= 0.6 is 7.75 Å². The average Bonchev–Trinajstić information content (AvgIpc) is 3.70. The summed E-state index contributed by atoms with van der Waals surface area (Å²) >= 11 is 0. The molecule has 5 aromatic rings. The van der Waals surface area contributed by atoms with Gasteiger partial charge in [-0.1, -0.05) is 48.5 Å². The molecular weight excluding hydrogens is 653 g/mol. The van der Waals surface area contributed by atoms with E-state index in [0.717, 1.165) is 16.3 Å². The van der Waals surface area contributed by atoms with Crippen LogP contribution in [0.2, 0.25) is 0 Å². The molecule has 49 heavy (non-hydrogen) atoms. The van der Waals surface area contributed by atoms with Crippen molar-refractivity contribution in [3.05, 3.63) is 90.5 Å². The zero-order valence-corrected chi connectivity index (χ0v) is 27.5. The maximum absolute atomic E-state index is 13.5. The standard InChI is InChI=1S/C33H36N7O8P/c1-45-24-10-5-8-22(16-24)32(42)38-27-29(41)26(18-47-49(43,44)39-12-14-46-15-13-39)48-33(27)40-20-37-28-30(35-19-36-31(28)40)34-17-23-9-4-7-21-6-2-3-11-25(21)23/h2-11,16,19-20,26-27,29,33,41H,12-15,17-18H2,1H3,(H,38,42)(H,43,44)(H,34,35,36)/t26-,27-,29-,33-/m1/s1. The molecule has 16 heteroatoms. The van der Waals surface area contributed by atoms with E-state index in [1.54, 1.807) is 28.8 Å². The van der Waals surface area contributed by atoms with Crippen molar-refractivity contribution < 1.29 is 38.1 Å². The Hall–Kier alpha value is -4.47. The second-order valence-electron chi connectivity index (χ2n) is 11.7. The third-order valence-corrected chi connectivity index (χ3v) is 10.3. The Balaban J connectivity index is 1.16. The molecule has 15 nitrogen and oxygen atoms in total. The summed E-state index contributed by atoms with van der Waals surface area (Å²) in [5, 5.41) is 20.0. The number of morpholine rings is 1. The number of methoxy groups -OCH3 is 1. The zero-order chi connectivity index (χ0) is 34.0. The van der Waals surface area contributed by atoms with Crippen molar-refractivity contribution in [1.82, 2.24) is 29.5 Å². The Morgan fingerprint density at radius 1 is 1.06 bits per heavy atom. The van der Waals surface area contributed by atoms with E-state index in [1.165, 1.54) is 24.4 Å². The molecule has 2 aromatic heterocycles. The highest BCUT2D eigenvalue weighted by Gasteiger charge is 2.47. The third kappa shape index (κ3) is 6.87. The van der Waals surface area contributed by atoms with Crippen LogP contribution in [0.4, 0.5) is 5.82 Å². The van der Waals surface area contributed by atoms with Crippen molar-refractivity contribution in [2.75, 3.05) is 45.3 Å². The predicted molar refractivity (Wildman–Crippen MR) is 179 cm³/mol. The van der Waals surface area contributed by atoms with Gasteiger partial charge in [-0.2, -0.15) is 0 Å². The quantitative estimate of drug-likeness (QED) is 0.149. The number of ether oxygens (including phenoxy) is 3. The van der Waals surface area contributed by atoms with E-state index in [0.29, 0.717) is 48.1 Å². The molecule has 2 saturated heterocycles. The highest BCUT2D eigenvalue weighted by atomic mass is 31.2. The summed E-state index contributed by atoms with van der Waals surface area (Å²) in [6.45, 7) is 1.09. The molecule has 2 aliphatic rings. The number of carbonyl (C=O) groups is 1. The first-order chi connectivity index (χ1) is 23.8. The Labute approximate surface area is 281 Å². The molecule has 0 bridgehead atoms. The molecule has 5 atom stereocenters. The third-order valence-electron chi connectivity index (χ3n) is 8.71. The van der Waals surface area contributed by atoms with Crippen molar-refractivity contribution in [1.29, 1.82) is 0 Å². The van der Waals surface area contributed by atoms with Crippen LogP contribution in [0.15, 0.2) is 79.4 Å². The number of hydrogen-bond donors (Lipinski definition) is 4. The molecule has 0 saturated carbocycles. The number of fused-ring (bicyclic) bond motifs is 2. The normalized spacial score (nSPS) is 22.6. The van der Waals surface area contributed by atoms with Gasteiger partial charge in [-0.15, -0.1) is 0 Å². The summed E-state index contributed by atoms with van der Waals surface area (Å²) in [4.78, 5) is 37.6. The molecule has 7 rings (SSSR count). The van der Waals surface area contributed by atoms with E-state index in [4.69, 9.17) is 18.7 Å². The van der Waals surface area contributed by atoms with Crippen molar-refractivity contribution in [3.8, 4) is 5.75 Å². The van der Waals surface area contributed by atoms with Gasteiger partial charge >= 0.3 is 7.75 Å². The molecular formula is C33H36N7O8P. The molecule has 1 amide bonds. The molecule has 0 radical (unpaired) electrons. The molecule has 2 fully saturated rings. The number of nitrogens with zero attached hydrogens (tertiary/aromatic N) is 5. The molecule has 4 N–H and O–H groups in total. The molecule has 1 unspecified atom stereocenters. The Bertz CT molecular complexity index is 2000. The van der Waals surface area contributed by atoms with E-state index in [2.05, 4.69) is 43.8 Å². The van der Waals surface area contributed by atoms with Gasteiger partial charge in [-0.05, 0) is 34.5 Å². The summed E-state index contributed by atoms with van der Waals surface area (Å²) in [6.07, 6.45) is -0.562. The van der Waals surface area contributed by atoms with Gasteiger partial charge in [0.1, 0.15) is 30.3 Å². The monoisotopic (exact) mass is 689 g/mol. The lowest BCUT2D eigenvalue weighted by Crippen LogP contribution is -2.47. The fraction of sp³-hybridized carbons (Fsp3) is 0.333. The number of amides is 1. The van der Waals surface area contributed by atoms with E-state index in [9.17, 15) is 19.4 Å². The topological polar surface area (TPSA) is 182 Å². The SMILES string of the molecule is COc1cccc(C(=O)N[C@@H]2[C@H](O)[C@@H](COP(=O)(O)N3CCOCC3)O[C@H]2n2cnc3c(NCc4cccc5ccccc45)ncnc32)c1. The first-order valence-corrected chi connectivity index (χ1v) is 17.3. The van der Waals surface area contributed by atoms with Crippen molar-refractivity contribution >= 4 is 41.4 Å². The Morgan fingerprint density at radius 2 is 1.86 bits per heavy atom. The molecule has 3 aromatic carbocycles. The number of hydrogen-bond acceptors (Lipinski definition) is 11. The number of anilines is 1. The minimum absolute atomic E-state index is 0.224. The zero-order valence-electron chi connectivity index (χ0n) is 26.6. The largest absolute Gasteiger partial charge is 0.497 e. The second-order valence-corrected chi connectivity index (χ2v) is 13.5. The number of aliphatic hydroxyl groups excluding tert-OH is 1. The maximum atomic E-state index is 13.5. The number of nitrogens with one attached hydrogen (secondary N) is 2. The van der Waals surface area contributed by atoms with Crippen molar-refractivity contribution in [3.63, 3.8) is 0 Å². The average molecular weight is 690 g/mol. The van der Waals surface area contributed by atoms with Crippen molar-refractivity contribution in [2.45, 2.75) is 31.0 Å². The number of aliphatic hydroxyl groups is 1. The lowest BCUT2D eigenvalue weighted by atomic mass is 10.0. The summed E-state index contributed by atoms with van der Waals surface area (Å²) in [7, 11) is -2.71. The highest BCUT2D eigenvalue weighted by molar-refractivity contribution is 7.50. The van der Waals surface area contributed by atoms with Gasteiger partial charge in [0, 0.05) is 25.2 Å². The van der Waals surface area contributed by atoms with Crippen molar-refractivity contribution in [2.24, 2.45) is 0 Å². The van der Waals surface area contributed by atoms with E-state index in [1.807, 2.05) is 24.3 Å². The van der Waals surface area contributed by atoms with Gasteiger partial charge in [0.15, 0.2) is 23.2 Å². The van der Waals surface area contributed by atoms with Gasteiger partial charge in [-0.3, -0.25) is 13.9 Å². The lowest BCUT2D eigenvalue weighted by Gasteiger charge is -2.30. The fourth-order valence-corrected chi connectivity index (χ4v) is 7.30. The summed E-state index contributed by atoms with van der Waals surface area (Å²) in [5.41, 5.74) is 2.21. The van der Waals surface area contributed by atoms with Crippen LogP contribution in [0.5, 0.6) is 5.75 Å². The minimum Gasteiger partial charge on any atom is -0.497 e. The van der Waals surface area contributed by atoms with Crippen LogP contribution in [-0.4, -0.2) is 98.4 Å². The minimum atomic E-state index is -4.21. The van der Waals surface area contributed by atoms with Crippen LogP contribution in [0, 0.1) is 0 Å². The maximum Gasteiger partial charge on any atom is 0.405 e. The Kier molecular flexibility index (Phi) is 9.56. The van der Waals surface area contributed by atoms with Gasteiger partial charge in [-0.25, -0.2) is 24.2 Å². The van der Waals surface area contributed by atoms with Gasteiger partial charge in [0.05, 0.1) is 33.3 Å². The second kappa shape index (κ2) is 14.2. The summed E-state index contributed by atoms with van der Waals surface area (Å²) in [6, 6.07) is 19.8. The van der Waals surface area contributed by atoms with Gasteiger partial charge in [0.2, 0.25) is 0 Å². The lowest BCUT2D eigenvalue weighted by molar-refractivity contribution is -0.0438. The molecule has 0 spiro atoms. The molecule has 4 heterocycles. The van der Waals surface area contributed by atoms with E-state index < -0.39 is 44.7 Å². The predicted octanol–water partition coefficient (Wildman–Crippen LogP) is 3.11. The Morgan fingerprint density at radius 3 is 2.69 bits per heavy atom. The van der Waals surface area contributed by atoms with E-state index in [-0.39, 0.29) is 13.1 Å². The van der Waals surface area contributed by atoms with Crippen LogP contribution in [0.25, 0.3) is 21.9 Å². The van der Waals surface area contributed by atoms with Crippen LogP contribution < -0.4 is 15.4 Å². The first-order valence-electron chi connectivity index (χ1n) is 15.8. The van der Waals surface area contributed by atoms with Crippen LogP contribution in [-0.2, 0) is 25.1 Å². The van der Waals surface area contributed by atoms with Crippen LogP contribution in [0.1, 0.15) is 22.1 Å². The smallest absolute Gasteiger partial charge is 0.405 e. The van der Waals surface area contributed by atoms with Gasteiger partial charge < -0.3 is 34.8 Å². The van der Waals surface area contributed by atoms with Crippen LogP contribution in [0.3, 0.4) is 0 Å². The fourth-order valence-electron chi connectivity index (χ4n) is 6.13. The van der Waals surface area contributed by atoms with E-state index >= 15 is 0 Å². The summed E-state index contributed by atoms with van der Waals surface area (Å²) < 4.78 is 38.2. The number of rotatable bonds is 11. The number of aromatic nitrogens is 4. The van der Waals surface area contributed by atoms with Gasteiger partial charge in [0.25, 0.3) is 5.91 Å². The first kappa shape index (κ1) is 33.0. The number of carbonyl (C=O) groups excluding carboxylic acids is 1. The molecule has 256 valence electrons. The summed E-state index contributed by atoms with van der Waals surface area (Å²) in [5.74, 6) is 0.482. The molecule has 2 aliphatic heterocycles. The number of benzene rings is 3. The number of imidazole rings is 1. The molecule has 0 aliphatic carbocycles.